The van der Waals surface area contributed by atoms with Crippen LogP contribution in [0.4, 0.5) is 5.69 Å². The molecule has 1 atom stereocenters. The number of nitrogens with zero attached hydrogens (tertiary/aromatic N) is 3. The third kappa shape index (κ3) is 2.96. The first kappa shape index (κ1) is 13.8. The fourth-order valence-electron chi connectivity index (χ4n) is 2.70. The molecule has 2 aromatic rings. The third-order valence-corrected chi connectivity index (χ3v) is 3.77. The number of carbonyl (C=O) groups excluding carboxylic acids is 1. The van der Waals surface area contributed by atoms with Crippen LogP contribution in [-0.4, -0.2) is 20.7 Å². The summed E-state index contributed by atoms with van der Waals surface area (Å²) in [6, 6.07) is 2.20. The minimum atomic E-state index is 0.0453. The average Bonchev–Trinajstić information content (AvgIpc) is 3.06. The SMILES string of the molecule is CC(C)n1ncc2cc(NC(=O)C[C@@H]3C=CCC3)cnc21. The number of hydrogen-bond donors (Lipinski definition) is 1. The van der Waals surface area contributed by atoms with Gasteiger partial charge < -0.3 is 5.32 Å². The zero-order valence-electron chi connectivity index (χ0n) is 12.4. The van der Waals surface area contributed by atoms with Crippen molar-refractivity contribution in [1.82, 2.24) is 14.8 Å². The van der Waals surface area contributed by atoms with Gasteiger partial charge in [-0.05, 0) is 38.7 Å². The second kappa shape index (κ2) is 5.68. The highest BCUT2D eigenvalue weighted by Crippen LogP contribution is 2.22. The molecular formula is C16H20N4O. The molecule has 0 bridgehead atoms. The topological polar surface area (TPSA) is 59.8 Å². The standard InChI is InChI=1S/C16H20N4O/c1-11(2)20-16-13(9-18-20)8-14(10-17-16)19-15(21)7-12-5-3-4-6-12/h3,5,8-12H,4,6-7H2,1-2H3,(H,19,21)/t12-/m1/s1. The molecule has 110 valence electrons. The van der Waals surface area contributed by atoms with E-state index in [1.54, 1.807) is 12.4 Å². The molecule has 3 rings (SSSR count). The Labute approximate surface area is 124 Å². The summed E-state index contributed by atoms with van der Waals surface area (Å²) in [5.41, 5.74) is 1.58. The number of hydrogen-bond acceptors (Lipinski definition) is 3. The lowest BCUT2D eigenvalue weighted by Crippen LogP contribution is -2.15. The van der Waals surface area contributed by atoms with Crippen LogP contribution in [0.15, 0.2) is 30.6 Å². The first-order chi connectivity index (χ1) is 10.1. The highest BCUT2D eigenvalue weighted by atomic mass is 16.1. The van der Waals surface area contributed by atoms with Crippen molar-refractivity contribution in [2.24, 2.45) is 5.92 Å². The molecule has 0 aliphatic heterocycles. The van der Waals surface area contributed by atoms with E-state index in [9.17, 15) is 4.79 Å². The Morgan fingerprint density at radius 1 is 1.48 bits per heavy atom. The molecule has 0 aromatic carbocycles. The first-order valence-corrected chi connectivity index (χ1v) is 7.43. The van der Waals surface area contributed by atoms with E-state index in [-0.39, 0.29) is 11.9 Å². The van der Waals surface area contributed by atoms with Gasteiger partial charge in [0.2, 0.25) is 5.91 Å². The number of rotatable bonds is 4. The molecule has 2 aromatic heterocycles. The summed E-state index contributed by atoms with van der Waals surface area (Å²) in [4.78, 5) is 16.4. The van der Waals surface area contributed by atoms with Gasteiger partial charge in [0.05, 0.1) is 18.1 Å². The fraction of sp³-hybridized carbons (Fsp3) is 0.438. The van der Waals surface area contributed by atoms with Gasteiger partial charge in [-0.1, -0.05) is 12.2 Å². The first-order valence-electron chi connectivity index (χ1n) is 7.43. The second-order valence-electron chi connectivity index (χ2n) is 5.84. The summed E-state index contributed by atoms with van der Waals surface area (Å²) < 4.78 is 1.88. The van der Waals surface area contributed by atoms with Gasteiger partial charge in [-0.2, -0.15) is 5.10 Å². The highest BCUT2D eigenvalue weighted by molar-refractivity contribution is 5.92. The summed E-state index contributed by atoms with van der Waals surface area (Å²) in [7, 11) is 0. The Hall–Kier alpha value is -2.17. The Balaban J connectivity index is 1.72. The largest absolute Gasteiger partial charge is 0.325 e. The van der Waals surface area contributed by atoms with E-state index in [0.29, 0.717) is 12.3 Å². The van der Waals surface area contributed by atoms with Gasteiger partial charge in [-0.25, -0.2) is 9.67 Å². The molecule has 0 saturated carbocycles. The number of carbonyl (C=O) groups is 1. The maximum absolute atomic E-state index is 12.0. The van der Waals surface area contributed by atoms with Gasteiger partial charge in [0.25, 0.3) is 0 Å². The van der Waals surface area contributed by atoms with Crippen molar-refractivity contribution in [3.63, 3.8) is 0 Å². The van der Waals surface area contributed by atoms with Gasteiger partial charge in [0.15, 0.2) is 5.65 Å². The summed E-state index contributed by atoms with van der Waals surface area (Å²) >= 11 is 0. The van der Waals surface area contributed by atoms with Gasteiger partial charge in [0.1, 0.15) is 0 Å². The van der Waals surface area contributed by atoms with Gasteiger partial charge in [-0.15, -0.1) is 0 Å². The van der Waals surface area contributed by atoms with Crippen LogP contribution in [0.3, 0.4) is 0 Å². The molecule has 0 radical (unpaired) electrons. The molecule has 0 unspecified atom stereocenters. The average molecular weight is 284 g/mol. The molecule has 2 heterocycles. The van der Waals surface area contributed by atoms with E-state index in [0.717, 1.165) is 29.6 Å². The Morgan fingerprint density at radius 3 is 3.05 bits per heavy atom. The molecular weight excluding hydrogens is 264 g/mol. The van der Waals surface area contributed by atoms with Crippen LogP contribution in [0.1, 0.15) is 39.2 Å². The maximum Gasteiger partial charge on any atom is 0.225 e. The van der Waals surface area contributed by atoms with E-state index < -0.39 is 0 Å². The smallest absolute Gasteiger partial charge is 0.225 e. The molecule has 21 heavy (non-hydrogen) atoms. The Morgan fingerprint density at radius 2 is 2.33 bits per heavy atom. The number of amides is 1. The molecule has 0 spiro atoms. The van der Waals surface area contributed by atoms with E-state index >= 15 is 0 Å². The number of allylic oxidation sites excluding steroid dienone is 2. The van der Waals surface area contributed by atoms with Crippen molar-refractivity contribution in [3.05, 3.63) is 30.6 Å². The Bertz CT molecular complexity index is 687. The summed E-state index contributed by atoms with van der Waals surface area (Å²) in [5, 5.41) is 8.20. The lowest BCUT2D eigenvalue weighted by atomic mass is 10.1. The van der Waals surface area contributed by atoms with Crippen LogP contribution in [0.25, 0.3) is 11.0 Å². The molecule has 1 amide bonds. The number of pyridine rings is 1. The molecule has 1 N–H and O–H groups in total. The monoisotopic (exact) mass is 284 g/mol. The second-order valence-corrected chi connectivity index (χ2v) is 5.84. The molecule has 1 aliphatic rings. The Kier molecular flexibility index (Phi) is 3.73. The number of aromatic nitrogens is 3. The molecule has 5 nitrogen and oxygen atoms in total. The number of nitrogens with one attached hydrogen (secondary N) is 1. The van der Waals surface area contributed by atoms with Crippen LogP contribution in [0, 0.1) is 5.92 Å². The van der Waals surface area contributed by atoms with Crippen LogP contribution in [0.2, 0.25) is 0 Å². The quantitative estimate of drug-likeness (QED) is 0.876. The summed E-state index contributed by atoms with van der Waals surface area (Å²) in [6.45, 7) is 4.14. The fourth-order valence-corrected chi connectivity index (χ4v) is 2.70. The number of anilines is 1. The van der Waals surface area contributed by atoms with Gasteiger partial charge in [0, 0.05) is 17.8 Å². The van der Waals surface area contributed by atoms with Gasteiger partial charge in [-0.3, -0.25) is 4.79 Å². The van der Waals surface area contributed by atoms with Crippen molar-refractivity contribution >= 4 is 22.6 Å². The van der Waals surface area contributed by atoms with Crippen LogP contribution in [0.5, 0.6) is 0 Å². The number of fused-ring (bicyclic) bond motifs is 1. The van der Waals surface area contributed by atoms with Crippen LogP contribution < -0.4 is 5.32 Å². The lowest BCUT2D eigenvalue weighted by Gasteiger charge is -2.09. The van der Waals surface area contributed by atoms with Crippen LogP contribution >= 0.6 is 0 Å². The van der Waals surface area contributed by atoms with Crippen molar-refractivity contribution in [1.29, 1.82) is 0 Å². The van der Waals surface area contributed by atoms with E-state index in [4.69, 9.17) is 0 Å². The lowest BCUT2D eigenvalue weighted by molar-refractivity contribution is -0.116. The molecule has 0 fully saturated rings. The summed E-state index contributed by atoms with van der Waals surface area (Å²) in [5.74, 6) is 0.425. The zero-order chi connectivity index (χ0) is 14.8. The van der Waals surface area contributed by atoms with E-state index in [2.05, 4.69) is 41.4 Å². The molecule has 1 aliphatic carbocycles. The van der Waals surface area contributed by atoms with E-state index in [1.165, 1.54) is 0 Å². The van der Waals surface area contributed by atoms with Crippen molar-refractivity contribution in [2.75, 3.05) is 5.32 Å². The highest BCUT2D eigenvalue weighted by Gasteiger charge is 2.15. The predicted molar refractivity (Wildman–Crippen MR) is 83.0 cm³/mol. The summed E-state index contributed by atoms with van der Waals surface area (Å²) in [6.07, 6.45) is 10.5. The molecule has 0 saturated heterocycles. The normalized spacial score (nSPS) is 17.8. The van der Waals surface area contributed by atoms with Crippen LogP contribution in [-0.2, 0) is 4.79 Å². The zero-order valence-corrected chi connectivity index (χ0v) is 12.4. The van der Waals surface area contributed by atoms with Crippen molar-refractivity contribution in [3.8, 4) is 0 Å². The minimum absolute atomic E-state index is 0.0453. The maximum atomic E-state index is 12.0. The molecule has 5 heteroatoms. The van der Waals surface area contributed by atoms with E-state index in [1.807, 2.05) is 10.7 Å². The van der Waals surface area contributed by atoms with Crippen molar-refractivity contribution in [2.45, 2.75) is 39.2 Å². The predicted octanol–water partition coefficient (Wildman–Crippen LogP) is 3.31. The van der Waals surface area contributed by atoms with Crippen molar-refractivity contribution < 1.29 is 4.79 Å². The van der Waals surface area contributed by atoms with Gasteiger partial charge >= 0.3 is 0 Å². The third-order valence-electron chi connectivity index (χ3n) is 3.77. The minimum Gasteiger partial charge on any atom is -0.325 e.